The number of halogens is 2. The van der Waals surface area contributed by atoms with Gasteiger partial charge in [0.05, 0.1) is 0 Å². The van der Waals surface area contributed by atoms with Crippen LogP contribution in [-0.2, 0) is 0 Å². The normalized spacial score (nSPS) is 10.2. The molecule has 8 aromatic carbocycles. The van der Waals surface area contributed by atoms with Crippen molar-refractivity contribution in [1.82, 2.24) is 0 Å². The van der Waals surface area contributed by atoms with Crippen LogP contribution in [0, 0.1) is 0 Å². The first-order valence-electron chi connectivity index (χ1n) is 17.6. The number of anilines is 8. The fourth-order valence-electron chi connectivity index (χ4n) is 5.79. The van der Waals surface area contributed by atoms with Gasteiger partial charge in [0.2, 0.25) is 0 Å². The average molecular weight is 793 g/mol. The van der Waals surface area contributed by atoms with Crippen molar-refractivity contribution in [2.24, 2.45) is 0 Å². The van der Waals surface area contributed by atoms with Crippen molar-refractivity contribution in [1.29, 1.82) is 0 Å². The molecule has 0 heterocycles. The molecule has 0 fully saturated rings. The van der Waals surface area contributed by atoms with Gasteiger partial charge in [0.15, 0.2) is 0 Å². The molecular weight excluding hydrogens is 754 g/mol. The molecule has 0 aliphatic rings. The van der Waals surface area contributed by atoms with Gasteiger partial charge in [0.25, 0.3) is 0 Å². The minimum Gasteiger partial charge on any atom is -0.356 e. The Morgan fingerprint density at radius 3 is 0.873 bits per heavy atom. The number of benzene rings is 8. The lowest BCUT2D eigenvalue weighted by Crippen LogP contribution is -2.13. The van der Waals surface area contributed by atoms with E-state index >= 15 is 0 Å². The molecule has 0 atom stereocenters. The number of thiol groups is 2. The Kier molecular flexibility index (Phi) is 14.4. The van der Waals surface area contributed by atoms with Gasteiger partial charge in [-0.15, -0.1) is 25.3 Å². The second-order valence-electron chi connectivity index (χ2n) is 12.2. The van der Waals surface area contributed by atoms with Gasteiger partial charge in [-0.3, -0.25) is 0 Å². The highest BCUT2D eigenvalue weighted by molar-refractivity contribution is 7.80. The van der Waals surface area contributed by atoms with Gasteiger partial charge >= 0.3 is 0 Å². The third-order valence-electron chi connectivity index (χ3n) is 8.14. The standard InChI is InChI=1S/C30H24N2S.C12H11N.C6H4Cl2S/c33-30-22-28(31(24-13-5-1-6-14-24)25-15-7-2-8-16-25)21-29(23-30)32(26-17-9-3-10-18-26)27-19-11-4-12-20-27;1-3-7-11(8-4-1)13-12-9-5-2-6-10-12;7-4-1-5(8)3-6(9)2-4/h1-23,33H;1-10,13H;1-3,9H. The van der Waals surface area contributed by atoms with Crippen molar-refractivity contribution in [3.8, 4) is 0 Å². The lowest BCUT2D eigenvalue weighted by atomic mass is 10.1. The summed E-state index contributed by atoms with van der Waals surface area (Å²) in [4.78, 5) is 6.21. The summed E-state index contributed by atoms with van der Waals surface area (Å²) < 4.78 is 0. The Hall–Kier alpha value is -5.56. The molecule has 0 radical (unpaired) electrons. The highest BCUT2D eigenvalue weighted by Gasteiger charge is 2.17. The molecule has 0 amide bonds. The van der Waals surface area contributed by atoms with Crippen LogP contribution >= 0.6 is 48.5 Å². The zero-order chi connectivity index (χ0) is 38.2. The molecule has 0 aromatic heterocycles. The van der Waals surface area contributed by atoms with Crippen LogP contribution in [0.1, 0.15) is 0 Å². The van der Waals surface area contributed by atoms with Gasteiger partial charge < -0.3 is 15.1 Å². The van der Waals surface area contributed by atoms with Crippen molar-refractivity contribution >= 4 is 94.0 Å². The minimum atomic E-state index is 0.618. The zero-order valence-corrected chi connectivity index (χ0v) is 33.1. The van der Waals surface area contributed by atoms with Crippen molar-refractivity contribution in [2.75, 3.05) is 15.1 Å². The van der Waals surface area contributed by atoms with E-state index < -0.39 is 0 Å². The summed E-state index contributed by atoms with van der Waals surface area (Å²) in [6.45, 7) is 0. The maximum Gasteiger partial charge on any atom is 0.0493 e. The van der Waals surface area contributed by atoms with Crippen LogP contribution in [0.4, 0.5) is 45.5 Å². The first-order valence-corrected chi connectivity index (χ1v) is 19.2. The van der Waals surface area contributed by atoms with E-state index in [1.807, 2.05) is 84.9 Å². The second kappa shape index (κ2) is 20.2. The average Bonchev–Trinajstić information content (AvgIpc) is 3.20. The molecule has 0 aliphatic heterocycles. The smallest absolute Gasteiger partial charge is 0.0493 e. The van der Waals surface area contributed by atoms with E-state index in [1.165, 1.54) is 0 Å². The van der Waals surface area contributed by atoms with Gasteiger partial charge in [-0.25, -0.2) is 0 Å². The number of rotatable bonds is 8. The SMILES string of the molecule is Sc1cc(Cl)cc(Cl)c1.Sc1cc(N(c2ccccc2)c2ccccc2)cc(N(c2ccccc2)c2ccccc2)c1.c1ccc(Nc2ccccc2)cc1. The summed E-state index contributed by atoms with van der Waals surface area (Å²) >= 11 is 20.1. The topological polar surface area (TPSA) is 18.5 Å². The van der Waals surface area contributed by atoms with Crippen molar-refractivity contribution < 1.29 is 0 Å². The molecule has 8 aromatic rings. The van der Waals surface area contributed by atoms with E-state index in [0.717, 1.165) is 55.3 Å². The Morgan fingerprint density at radius 1 is 0.309 bits per heavy atom. The maximum absolute atomic E-state index is 5.62. The van der Waals surface area contributed by atoms with E-state index in [4.69, 9.17) is 35.8 Å². The number of nitrogens with one attached hydrogen (secondary N) is 1. The highest BCUT2D eigenvalue weighted by Crippen LogP contribution is 2.41. The van der Waals surface area contributed by atoms with Gasteiger partial charge in [-0.1, -0.05) is 132 Å². The van der Waals surface area contributed by atoms with Crippen LogP contribution in [0.3, 0.4) is 0 Å². The summed E-state index contributed by atoms with van der Waals surface area (Å²) in [6, 6.07) is 73.6. The number of nitrogens with zero attached hydrogens (tertiary/aromatic N) is 2. The fraction of sp³-hybridized carbons (Fsp3) is 0. The Bertz CT molecular complexity index is 2070. The van der Waals surface area contributed by atoms with E-state index in [-0.39, 0.29) is 0 Å². The second-order valence-corrected chi connectivity index (χ2v) is 14.1. The maximum atomic E-state index is 5.62. The van der Waals surface area contributed by atoms with Crippen molar-refractivity contribution in [2.45, 2.75) is 9.79 Å². The van der Waals surface area contributed by atoms with Crippen molar-refractivity contribution in [3.05, 3.63) is 228 Å². The lowest BCUT2D eigenvalue weighted by Gasteiger charge is -2.29. The quantitative estimate of drug-likeness (QED) is 0.133. The zero-order valence-electron chi connectivity index (χ0n) is 29.8. The molecule has 272 valence electrons. The predicted octanol–water partition coefficient (Wildman–Crippen LogP) is 15.6. The third kappa shape index (κ3) is 11.7. The highest BCUT2D eigenvalue weighted by atomic mass is 35.5. The van der Waals surface area contributed by atoms with Gasteiger partial charge in [0.1, 0.15) is 0 Å². The van der Waals surface area contributed by atoms with E-state index in [1.54, 1.807) is 18.2 Å². The van der Waals surface area contributed by atoms with Crippen LogP contribution in [0.25, 0.3) is 0 Å². The summed E-state index contributed by atoms with van der Waals surface area (Å²) in [7, 11) is 0. The molecule has 55 heavy (non-hydrogen) atoms. The summed E-state index contributed by atoms with van der Waals surface area (Å²) in [6.07, 6.45) is 0. The number of hydrogen-bond donors (Lipinski definition) is 3. The Morgan fingerprint density at radius 2 is 0.582 bits per heavy atom. The summed E-state index contributed by atoms with van der Waals surface area (Å²) in [5, 5.41) is 4.54. The lowest BCUT2D eigenvalue weighted by molar-refractivity contribution is 1.22. The Labute approximate surface area is 345 Å². The van der Waals surface area contributed by atoms with Gasteiger partial charge in [0, 0.05) is 65.3 Å². The third-order valence-corrected chi connectivity index (χ3v) is 9.10. The van der Waals surface area contributed by atoms with Crippen LogP contribution in [0.2, 0.25) is 10.0 Å². The van der Waals surface area contributed by atoms with Crippen LogP contribution < -0.4 is 15.1 Å². The molecule has 0 aliphatic carbocycles. The molecule has 8 rings (SSSR count). The molecule has 1 N–H and O–H groups in total. The fourth-order valence-corrected chi connectivity index (χ4v) is 7.01. The van der Waals surface area contributed by atoms with Gasteiger partial charge in [-0.05, 0) is 109 Å². The van der Waals surface area contributed by atoms with Crippen LogP contribution in [-0.4, -0.2) is 0 Å². The number of hydrogen-bond acceptors (Lipinski definition) is 5. The molecule has 3 nitrogen and oxygen atoms in total. The monoisotopic (exact) mass is 791 g/mol. The Balaban J connectivity index is 0.000000189. The molecule has 0 unspecified atom stereocenters. The summed E-state index contributed by atoms with van der Waals surface area (Å²) in [5.41, 5.74) is 8.72. The van der Waals surface area contributed by atoms with E-state index in [9.17, 15) is 0 Å². The van der Waals surface area contributed by atoms with Gasteiger partial charge in [-0.2, -0.15) is 0 Å². The first kappa shape index (κ1) is 39.1. The molecule has 7 heteroatoms. The summed E-state index contributed by atoms with van der Waals surface area (Å²) in [5.74, 6) is 0. The van der Waals surface area contributed by atoms with E-state index in [0.29, 0.717) is 10.0 Å². The van der Waals surface area contributed by atoms with Crippen molar-refractivity contribution in [3.63, 3.8) is 0 Å². The predicted molar refractivity (Wildman–Crippen MR) is 243 cm³/mol. The number of para-hydroxylation sites is 6. The molecular formula is C48H39Cl2N3S2. The van der Waals surface area contributed by atoms with Crippen LogP contribution in [0.5, 0.6) is 0 Å². The van der Waals surface area contributed by atoms with E-state index in [2.05, 4.69) is 143 Å². The molecule has 0 saturated carbocycles. The van der Waals surface area contributed by atoms with Crippen LogP contribution in [0.15, 0.2) is 228 Å². The molecule has 0 saturated heterocycles. The largest absolute Gasteiger partial charge is 0.356 e. The molecule has 0 spiro atoms. The molecule has 0 bridgehead atoms. The first-order chi connectivity index (χ1) is 26.9. The minimum absolute atomic E-state index is 0.618.